The zero-order valence-corrected chi connectivity index (χ0v) is 16.4. The molecule has 3 rings (SSSR count). The van der Waals surface area contributed by atoms with Crippen LogP contribution in [-0.4, -0.2) is 20.9 Å². The first kappa shape index (κ1) is 20.9. The summed E-state index contributed by atoms with van der Waals surface area (Å²) in [5, 5.41) is 0. The number of nitrogens with one attached hydrogen (secondary N) is 1. The Labute approximate surface area is 163 Å². The highest BCUT2D eigenvalue weighted by molar-refractivity contribution is 7.90. The summed E-state index contributed by atoms with van der Waals surface area (Å²) < 4.78 is 74.6. The van der Waals surface area contributed by atoms with Crippen molar-refractivity contribution >= 4 is 11.4 Å². The molecule has 1 aromatic carbocycles. The first-order chi connectivity index (χ1) is 12.9. The maximum absolute atomic E-state index is 13.9. The van der Waals surface area contributed by atoms with E-state index >= 15 is 0 Å². The van der Waals surface area contributed by atoms with Crippen LogP contribution in [0, 0.1) is 5.82 Å². The quantitative estimate of drug-likeness (QED) is 0.598. The number of hydrogen-bond donors (Lipinski definition) is 1. The Morgan fingerprint density at radius 1 is 1.21 bits per heavy atom. The number of alkyl halides is 3. The number of fused-ring (bicyclic) bond motifs is 1. The number of pyridine rings is 1. The second kappa shape index (κ2) is 7.20. The van der Waals surface area contributed by atoms with Crippen molar-refractivity contribution in [3.8, 4) is 5.75 Å². The summed E-state index contributed by atoms with van der Waals surface area (Å²) in [5.41, 5.74) is -2.25. The summed E-state index contributed by atoms with van der Waals surface area (Å²) in [7, 11) is 0. The van der Waals surface area contributed by atoms with E-state index in [-0.39, 0.29) is 18.6 Å². The molecular weight excluding hydrogens is 396 g/mol. The minimum absolute atomic E-state index is 0.127. The van der Waals surface area contributed by atoms with Crippen molar-refractivity contribution in [1.29, 1.82) is 0 Å². The SMILES string of the molecule is CC(C)(C)[S+]([O-])N[C@]1(c2ccc(F)c(C(F)(F)F)c2)CCOc2cccnc21. The number of rotatable bonds is 3. The second-order valence-electron chi connectivity index (χ2n) is 7.53. The molecular formula is C19H20F4N2O2S. The molecule has 0 fully saturated rings. The Morgan fingerprint density at radius 2 is 1.93 bits per heavy atom. The predicted octanol–water partition coefficient (Wildman–Crippen LogP) is 4.32. The first-order valence-electron chi connectivity index (χ1n) is 8.60. The van der Waals surface area contributed by atoms with E-state index in [9.17, 15) is 22.1 Å². The van der Waals surface area contributed by atoms with Crippen LogP contribution in [0.4, 0.5) is 17.6 Å². The van der Waals surface area contributed by atoms with Gasteiger partial charge in [0.1, 0.15) is 27.5 Å². The van der Waals surface area contributed by atoms with Gasteiger partial charge in [-0.2, -0.15) is 13.2 Å². The van der Waals surface area contributed by atoms with Crippen LogP contribution in [-0.2, 0) is 23.1 Å². The summed E-state index contributed by atoms with van der Waals surface area (Å²) >= 11 is -1.64. The van der Waals surface area contributed by atoms with Gasteiger partial charge in [0, 0.05) is 24.0 Å². The van der Waals surface area contributed by atoms with E-state index in [1.807, 2.05) is 0 Å². The molecule has 4 nitrogen and oxygen atoms in total. The minimum atomic E-state index is -4.86. The lowest BCUT2D eigenvalue weighted by atomic mass is 9.82. The molecule has 2 heterocycles. The number of hydrogen-bond acceptors (Lipinski definition) is 4. The number of aromatic nitrogens is 1. The van der Waals surface area contributed by atoms with E-state index in [2.05, 4.69) is 9.71 Å². The van der Waals surface area contributed by atoms with Crippen LogP contribution in [0.3, 0.4) is 0 Å². The van der Waals surface area contributed by atoms with E-state index in [1.165, 1.54) is 12.3 Å². The number of halogens is 4. The fourth-order valence-electron chi connectivity index (χ4n) is 3.02. The predicted molar refractivity (Wildman–Crippen MR) is 97.6 cm³/mol. The average molecular weight is 416 g/mol. The lowest BCUT2D eigenvalue weighted by Gasteiger charge is -2.40. The Hall–Kier alpha value is -1.84. The van der Waals surface area contributed by atoms with Crippen LogP contribution in [0.25, 0.3) is 0 Å². The van der Waals surface area contributed by atoms with Gasteiger partial charge in [0.15, 0.2) is 0 Å². The van der Waals surface area contributed by atoms with Crippen LogP contribution in [0.5, 0.6) is 5.75 Å². The normalized spacial score (nSPS) is 21.0. The zero-order chi connectivity index (χ0) is 20.7. The van der Waals surface area contributed by atoms with Gasteiger partial charge in [-0.15, -0.1) is 4.72 Å². The largest absolute Gasteiger partial charge is 0.598 e. The molecule has 1 N–H and O–H groups in total. The highest BCUT2D eigenvalue weighted by Crippen LogP contribution is 2.43. The van der Waals surface area contributed by atoms with Crippen molar-refractivity contribution in [2.45, 2.75) is 43.7 Å². The summed E-state index contributed by atoms with van der Waals surface area (Å²) in [6, 6.07) is 6.08. The van der Waals surface area contributed by atoms with E-state index in [4.69, 9.17) is 4.74 Å². The zero-order valence-electron chi connectivity index (χ0n) is 15.6. The average Bonchev–Trinajstić information content (AvgIpc) is 2.60. The lowest BCUT2D eigenvalue weighted by Crippen LogP contribution is -2.54. The molecule has 0 spiro atoms. The molecule has 9 heteroatoms. The number of benzene rings is 1. The maximum atomic E-state index is 13.9. The Balaban J connectivity index is 2.22. The van der Waals surface area contributed by atoms with Crippen molar-refractivity contribution < 1.29 is 26.9 Å². The summed E-state index contributed by atoms with van der Waals surface area (Å²) in [6.45, 7) is 5.41. The molecule has 0 bridgehead atoms. The molecule has 0 saturated carbocycles. The third-order valence-electron chi connectivity index (χ3n) is 4.50. The van der Waals surface area contributed by atoms with Crippen molar-refractivity contribution in [1.82, 2.24) is 9.71 Å². The van der Waals surface area contributed by atoms with Gasteiger partial charge in [0.25, 0.3) is 0 Å². The molecule has 0 amide bonds. The van der Waals surface area contributed by atoms with Gasteiger partial charge in [-0.05, 0) is 50.6 Å². The van der Waals surface area contributed by atoms with Crippen LogP contribution < -0.4 is 9.46 Å². The molecule has 1 aliphatic heterocycles. The maximum Gasteiger partial charge on any atom is 0.419 e. The van der Waals surface area contributed by atoms with Gasteiger partial charge in [0.05, 0.1) is 12.2 Å². The summed E-state index contributed by atoms with van der Waals surface area (Å²) in [5.74, 6) is -0.985. The molecule has 0 radical (unpaired) electrons. The van der Waals surface area contributed by atoms with Crippen molar-refractivity contribution in [3.63, 3.8) is 0 Å². The van der Waals surface area contributed by atoms with Crippen LogP contribution in [0.15, 0.2) is 36.5 Å². The van der Waals surface area contributed by atoms with Crippen LogP contribution >= 0.6 is 0 Å². The summed E-state index contributed by atoms with van der Waals surface area (Å²) in [4.78, 5) is 4.30. The van der Waals surface area contributed by atoms with E-state index in [0.29, 0.717) is 11.4 Å². The molecule has 1 unspecified atom stereocenters. The number of nitrogens with zero attached hydrogens (tertiary/aromatic N) is 1. The van der Waals surface area contributed by atoms with E-state index in [1.54, 1.807) is 32.9 Å². The standard InChI is InChI=1S/C19H20F4N2O2S/c1-17(2,3)28(26)25-18(8-10-27-15-5-4-9-24-16(15)18)12-6-7-14(20)13(11-12)19(21,22)23/h4-7,9,11,25H,8,10H2,1-3H3/t18-,28?/m0/s1. The highest BCUT2D eigenvalue weighted by Gasteiger charge is 2.48. The van der Waals surface area contributed by atoms with Gasteiger partial charge < -0.3 is 9.29 Å². The van der Waals surface area contributed by atoms with Crippen molar-refractivity contribution in [2.24, 2.45) is 0 Å². The van der Waals surface area contributed by atoms with E-state index in [0.717, 1.165) is 12.1 Å². The van der Waals surface area contributed by atoms with Gasteiger partial charge in [0.2, 0.25) is 0 Å². The van der Waals surface area contributed by atoms with Crippen molar-refractivity contribution in [2.75, 3.05) is 6.61 Å². The molecule has 2 atom stereocenters. The Bertz CT molecular complexity index is 870. The topological polar surface area (TPSA) is 57.2 Å². The molecule has 0 aliphatic carbocycles. The molecule has 2 aromatic rings. The van der Waals surface area contributed by atoms with Crippen LogP contribution in [0.1, 0.15) is 44.0 Å². The fraction of sp³-hybridized carbons (Fsp3) is 0.421. The molecule has 28 heavy (non-hydrogen) atoms. The molecule has 1 aromatic heterocycles. The van der Waals surface area contributed by atoms with Crippen LogP contribution in [0.2, 0.25) is 0 Å². The lowest BCUT2D eigenvalue weighted by molar-refractivity contribution is -0.140. The van der Waals surface area contributed by atoms with Gasteiger partial charge >= 0.3 is 6.18 Å². The number of ether oxygens (including phenoxy) is 1. The minimum Gasteiger partial charge on any atom is -0.598 e. The third kappa shape index (κ3) is 3.83. The third-order valence-corrected chi connectivity index (χ3v) is 6.14. The molecule has 1 aliphatic rings. The monoisotopic (exact) mass is 416 g/mol. The molecule has 152 valence electrons. The Morgan fingerprint density at radius 3 is 2.57 bits per heavy atom. The van der Waals surface area contributed by atoms with E-state index < -0.39 is 39.2 Å². The Kier molecular flexibility index (Phi) is 5.37. The highest BCUT2D eigenvalue weighted by atomic mass is 32.2. The van der Waals surface area contributed by atoms with Gasteiger partial charge in [-0.1, -0.05) is 6.07 Å². The van der Waals surface area contributed by atoms with Gasteiger partial charge in [-0.25, -0.2) is 4.39 Å². The molecule has 0 saturated heterocycles. The first-order valence-corrected chi connectivity index (χ1v) is 9.75. The second-order valence-corrected chi connectivity index (χ2v) is 9.50. The van der Waals surface area contributed by atoms with Gasteiger partial charge in [-0.3, -0.25) is 4.98 Å². The fourth-order valence-corrected chi connectivity index (χ4v) is 3.96. The summed E-state index contributed by atoms with van der Waals surface area (Å²) in [6.07, 6.45) is -3.19. The smallest absolute Gasteiger partial charge is 0.419 e. The van der Waals surface area contributed by atoms with Crippen molar-refractivity contribution in [3.05, 3.63) is 59.2 Å².